The van der Waals surface area contributed by atoms with Crippen LogP contribution in [0.4, 0.5) is 0 Å². The van der Waals surface area contributed by atoms with Crippen molar-refractivity contribution in [1.29, 1.82) is 0 Å². The number of nitrogens with one attached hydrogen (secondary N) is 1. The predicted molar refractivity (Wildman–Crippen MR) is 79.3 cm³/mol. The van der Waals surface area contributed by atoms with E-state index in [0.717, 1.165) is 19.5 Å². The molecule has 0 saturated heterocycles. The second-order valence-corrected chi connectivity index (χ2v) is 5.74. The fraction of sp³-hybridized carbons (Fsp3) is 0.933. The summed E-state index contributed by atoms with van der Waals surface area (Å²) in [4.78, 5) is 11.4. The highest BCUT2D eigenvalue weighted by atomic mass is 16.5. The number of aliphatic hydroxyl groups excluding tert-OH is 1. The van der Waals surface area contributed by atoms with Crippen LogP contribution in [0.5, 0.6) is 0 Å². The average Bonchev–Trinajstić information content (AvgIpc) is 2.48. The molecule has 0 radical (unpaired) electrons. The molecule has 0 spiro atoms. The first-order valence-corrected chi connectivity index (χ1v) is 7.93. The Bertz CT molecular complexity index is 262. The minimum Gasteiger partial charge on any atom is -0.466 e. The standard InChI is InChI=1S/C15H30N2O3/c16-11-13-4-3-5-14(10-13)12-17-7-6-15(19)20-9-2-1-8-18/h13-14,17-18H,1-12,16H2. The normalized spacial score (nSPS) is 22.7. The Hall–Kier alpha value is -0.650. The molecule has 1 aliphatic carbocycles. The summed E-state index contributed by atoms with van der Waals surface area (Å²) >= 11 is 0. The molecule has 20 heavy (non-hydrogen) atoms. The third-order valence-electron chi connectivity index (χ3n) is 3.98. The smallest absolute Gasteiger partial charge is 0.307 e. The molecule has 2 unspecified atom stereocenters. The van der Waals surface area contributed by atoms with Crippen LogP contribution in [0.25, 0.3) is 0 Å². The van der Waals surface area contributed by atoms with E-state index >= 15 is 0 Å². The summed E-state index contributed by atoms with van der Waals surface area (Å²) in [6, 6.07) is 0. The minimum atomic E-state index is -0.154. The van der Waals surface area contributed by atoms with Gasteiger partial charge in [-0.1, -0.05) is 6.42 Å². The van der Waals surface area contributed by atoms with Crippen LogP contribution in [0, 0.1) is 11.8 Å². The Morgan fingerprint density at radius 1 is 1.30 bits per heavy atom. The maximum atomic E-state index is 11.4. The number of carbonyl (C=O) groups excluding carboxylic acids is 1. The van der Waals surface area contributed by atoms with E-state index in [1.165, 1.54) is 25.7 Å². The second-order valence-electron chi connectivity index (χ2n) is 5.74. The van der Waals surface area contributed by atoms with Crippen molar-refractivity contribution in [3.8, 4) is 0 Å². The summed E-state index contributed by atoms with van der Waals surface area (Å²) < 4.78 is 5.06. The molecule has 0 aromatic heterocycles. The van der Waals surface area contributed by atoms with E-state index in [0.29, 0.717) is 37.8 Å². The van der Waals surface area contributed by atoms with Crippen LogP contribution in [0.2, 0.25) is 0 Å². The number of aliphatic hydroxyl groups is 1. The highest BCUT2D eigenvalue weighted by Crippen LogP contribution is 2.27. The number of ether oxygens (including phenoxy) is 1. The summed E-state index contributed by atoms with van der Waals surface area (Å²) in [5.74, 6) is 1.24. The van der Waals surface area contributed by atoms with Gasteiger partial charge in [0, 0.05) is 13.2 Å². The van der Waals surface area contributed by atoms with Crippen molar-refractivity contribution >= 4 is 5.97 Å². The summed E-state index contributed by atoms with van der Waals surface area (Å²) in [6.07, 6.45) is 6.89. The fourth-order valence-electron chi connectivity index (χ4n) is 2.77. The SMILES string of the molecule is NCC1CCCC(CNCCC(=O)OCCCCO)C1. The molecule has 118 valence electrons. The Labute approximate surface area is 122 Å². The van der Waals surface area contributed by atoms with E-state index < -0.39 is 0 Å². The van der Waals surface area contributed by atoms with Crippen LogP contribution in [0.3, 0.4) is 0 Å². The lowest BCUT2D eigenvalue weighted by Gasteiger charge is -2.28. The molecule has 5 nitrogen and oxygen atoms in total. The molecule has 0 aromatic carbocycles. The van der Waals surface area contributed by atoms with Gasteiger partial charge in [0.15, 0.2) is 0 Å². The van der Waals surface area contributed by atoms with E-state index in [1.54, 1.807) is 0 Å². The lowest BCUT2D eigenvalue weighted by atomic mass is 9.81. The van der Waals surface area contributed by atoms with E-state index in [1.807, 2.05) is 0 Å². The molecule has 5 heteroatoms. The first-order valence-electron chi connectivity index (χ1n) is 7.93. The first kappa shape index (κ1) is 17.4. The van der Waals surface area contributed by atoms with Crippen molar-refractivity contribution in [2.45, 2.75) is 44.9 Å². The van der Waals surface area contributed by atoms with Gasteiger partial charge in [-0.05, 0) is 57.0 Å². The summed E-state index contributed by atoms with van der Waals surface area (Å²) in [5, 5.41) is 12.0. The van der Waals surface area contributed by atoms with Gasteiger partial charge in [-0.2, -0.15) is 0 Å². The fourth-order valence-corrected chi connectivity index (χ4v) is 2.77. The van der Waals surface area contributed by atoms with Crippen molar-refractivity contribution in [2.24, 2.45) is 17.6 Å². The number of carbonyl (C=O) groups is 1. The molecule has 1 rings (SSSR count). The average molecular weight is 286 g/mol. The van der Waals surface area contributed by atoms with Crippen LogP contribution in [0.1, 0.15) is 44.9 Å². The molecule has 2 atom stereocenters. The maximum absolute atomic E-state index is 11.4. The van der Waals surface area contributed by atoms with Gasteiger partial charge in [0.2, 0.25) is 0 Å². The van der Waals surface area contributed by atoms with Gasteiger partial charge >= 0.3 is 5.97 Å². The van der Waals surface area contributed by atoms with Crippen LogP contribution >= 0.6 is 0 Å². The van der Waals surface area contributed by atoms with Crippen LogP contribution in [-0.2, 0) is 9.53 Å². The molecule has 0 bridgehead atoms. The molecule has 0 amide bonds. The van der Waals surface area contributed by atoms with E-state index in [2.05, 4.69) is 5.32 Å². The van der Waals surface area contributed by atoms with Gasteiger partial charge in [-0.3, -0.25) is 4.79 Å². The Balaban J connectivity index is 1.96. The van der Waals surface area contributed by atoms with Gasteiger partial charge in [0.05, 0.1) is 13.0 Å². The number of hydrogen-bond donors (Lipinski definition) is 3. The van der Waals surface area contributed by atoms with Gasteiger partial charge in [0.1, 0.15) is 0 Å². The van der Waals surface area contributed by atoms with Crippen molar-refractivity contribution in [1.82, 2.24) is 5.32 Å². The highest BCUT2D eigenvalue weighted by Gasteiger charge is 2.20. The van der Waals surface area contributed by atoms with Crippen LogP contribution in [0.15, 0.2) is 0 Å². The summed E-state index contributed by atoms with van der Waals surface area (Å²) in [6.45, 7) is 3.04. The Kier molecular flexibility index (Phi) is 9.62. The third kappa shape index (κ3) is 7.82. The van der Waals surface area contributed by atoms with E-state index in [9.17, 15) is 4.79 Å². The lowest BCUT2D eigenvalue weighted by Crippen LogP contribution is -2.31. The van der Waals surface area contributed by atoms with Crippen molar-refractivity contribution in [2.75, 3.05) is 32.8 Å². The summed E-state index contributed by atoms with van der Waals surface area (Å²) in [7, 11) is 0. The molecular formula is C15H30N2O3. The van der Waals surface area contributed by atoms with Crippen LogP contribution < -0.4 is 11.1 Å². The molecular weight excluding hydrogens is 256 g/mol. The lowest BCUT2D eigenvalue weighted by molar-refractivity contribution is -0.143. The quantitative estimate of drug-likeness (QED) is 0.413. The molecule has 0 aliphatic heterocycles. The number of esters is 1. The van der Waals surface area contributed by atoms with Gasteiger partial charge in [0.25, 0.3) is 0 Å². The highest BCUT2D eigenvalue weighted by molar-refractivity contribution is 5.69. The van der Waals surface area contributed by atoms with E-state index in [-0.39, 0.29) is 12.6 Å². The molecule has 4 N–H and O–H groups in total. The molecule has 1 fully saturated rings. The van der Waals surface area contributed by atoms with Gasteiger partial charge in [-0.15, -0.1) is 0 Å². The predicted octanol–water partition coefficient (Wildman–Crippen LogP) is 1.05. The number of unbranched alkanes of at least 4 members (excludes halogenated alkanes) is 1. The molecule has 0 heterocycles. The minimum absolute atomic E-state index is 0.154. The monoisotopic (exact) mass is 286 g/mol. The Morgan fingerprint density at radius 2 is 2.10 bits per heavy atom. The molecule has 1 aliphatic rings. The number of hydrogen-bond acceptors (Lipinski definition) is 5. The number of rotatable bonds is 10. The van der Waals surface area contributed by atoms with E-state index in [4.69, 9.17) is 15.6 Å². The second kappa shape index (κ2) is 11.1. The zero-order chi connectivity index (χ0) is 14.6. The third-order valence-corrected chi connectivity index (χ3v) is 3.98. The van der Waals surface area contributed by atoms with Crippen LogP contribution in [-0.4, -0.2) is 43.9 Å². The van der Waals surface area contributed by atoms with Crippen molar-refractivity contribution in [3.63, 3.8) is 0 Å². The van der Waals surface area contributed by atoms with Gasteiger partial charge in [-0.25, -0.2) is 0 Å². The zero-order valence-corrected chi connectivity index (χ0v) is 12.5. The Morgan fingerprint density at radius 3 is 2.85 bits per heavy atom. The maximum Gasteiger partial charge on any atom is 0.307 e. The van der Waals surface area contributed by atoms with Gasteiger partial charge < -0.3 is 20.9 Å². The topological polar surface area (TPSA) is 84.6 Å². The molecule has 1 saturated carbocycles. The largest absolute Gasteiger partial charge is 0.466 e. The van der Waals surface area contributed by atoms with Crippen molar-refractivity contribution in [3.05, 3.63) is 0 Å². The molecule has 0 aromatic rings. The number of nitrogens with two attached hydrogens (primary N) is 1. The van der Waals surface area contributed by atoms with Crippen molar-refractivity contribution < 1.29 is 14.6 Å². The summed E-state index contributed by atoms with van der Waals surface area (Å²) in [5.41, 5.74) is 5.73. The first-order chi connectivity index (χ1) is 9.76. The zero-order valence-electron chi connectivity index (χ0n) is 12.5.